The fourth-order valence-electron chi connectivity index (χ4n) is 2.89. The lowest BCUT2D eigenvalue weighted by Gasteiger charge is -2.19. The highest BCUT2D eigenvalue weighted by atomic mass is 79.9. The summed E-state index contributed by atoms with van der Waals surface area (Å²) in [5.41, 5.74) is 0.664. The monoisotopic (exact) mass is 452 g/mol. The Morgan fingerprint density at radius 3 is 2.89 bits per heavy atom. The van der Waals surface area contributed by atoms with Crippen molar-refractivity contribution in [2.24, 2.45) is 18.9 Å². The standard InChI is InChI=1S/C17H21BrN6O2S/c1-10(2)8-24-9-11(6-15(24)25)16(26)19-13-7-12(18)4-5-14(13)27-17-20-21-22-23(17)3/h4-5,7,10-11H,6,8-9H2,1-3H3,(H,19,26)/t11-/m0/s1. The summed E-state index contributed by atoms with van der Waals surface area (Å²) >= 11 is 4.80. The Morgan fingerprint density at radius 1 is 1.44 bits per heavy atom. The number of aromatic nitrogens is 4. The number of carbonyl (C=O) groups excluding carboxylic acids is 2. The molecule has 0 bridgehead atoms. The number of nitrogens with one attached hydrogen (secondary N) is 1. The minimum absolute atomic E-state index is 0.0397. The van der Waals surface area contributed by atoms with Crippen LogP contribution in [0, 0.1) is 11.8 Å². The number of amides is 2. The van der Waals surface area contributed by atoms with Gasteiger partial charge in [-0.1, -0.05) is 29.8 Å². The van der Waals surface area contributed by atoms with Crippen molar-refractivity contribution in [3.63, 3.8) is 0 Å². The second-order valence-corrected chi connectivity index (χ2v) is 8.84. The van der Waals surface area contributed by atoms with Crippen molar-refractivity contribution in [1.82, 2.24) is 25.1 Å². The van der Waals surface area contributed by atoms with Gasteiger partial charge in [-0.05, 0) is 46.3 Å². The van der Waals surface area contributed by atoms with E-state index in [2.05, 4.69) is 50.6 Å². The summed E-state index contributed by atoms with van der Waals surface area (Å²) in [6.45, 7) is 5.27. The first-order valence-electron chi connectivity index (χ1n) is 8.62. The molecule has 1 aromatic carbocycles. The highest BCUT2D eigenvalue weighted by Gasteiger charge is 2.34. The van der Waals surface area contributed by atoms with E-state index in [1.807, 2.05) is 18.2 Å². The van der Waals surface area contributed by atoms with Crippen molar-refractivity contribution in [2.45, 2.75) is 30.3 Å². The van der Waals surface area contributed by atoms with E-state index in [9.17, 15) is 9.59 Å². The number of halogens is 1. The van der Waals surface area contributed by atoms with E-state index in [1.54, 1.807) is 16.6 Å². The van der Waals surface area contributed by atoms with Gasteiger partial charge < -0.3 is 10.2 Å². The van der Waals surface area contributed by atoms with Crippen LogP contribution < -0.4 is 5.32 Å². The number of likely N-dealkylation sites (tertiary alicyclic amines) is 1. The third-order valence-electron chi connectivity index (χ3n) is 4.15. The van der Waals surface area contributed by atoms with Gasteiger partial charge in [0.1, 0.15) is 0 Å². The number of anilines is 1. The first kappa shape index (κ1) is 19.8. The molecule has 0 saturated carbocycles. The van der Waals surface area contributed by atoms with Gasteiger partial charge in [0.05, 0.1) is 11.6 Å². The largest absolute Gasteiger partial charge is 0.342 e. The number of carbonyl (C=O) groups is 2. The molecular formula is C17H21BrN6O2S. The Kier molecular flexibility index (Phi) is 6.15. The van der Waals surface area contributed by atoms with Gasteiger partial charge in [-0.25, -0.2) is 4.68 Å². The molecule has 2 aromatic rings. The van der Waals surface area contributed by atoms with Gasteiger partial charge in [0.2, 0.25) is 17.0 Å². The smallest absolute Gasteiger partial charge is 0.229 e. The van der Waals surface area contributed by atoms with Crippen molar-refractivity contribution in [1.29, 1.82) is 0 Å². The second-order valence-electron chi connectivity index (χ2n) is 6.91. The topological polar surface area (TPSA) is 93.0 Å². The fourth-order valence-corrected chi connectivity index (χ4v) is 4.05. The first-order chi connectivity index (χ1) is 12.8. The molecule has 0 aliphatic carbocycles. The summed E-state index contributed by atoms with van der Waals surface area (Å²) in [5, 5.41) is 15.0. The summed E-state index contributed by atoms with van der Waals surface area (Å²) < 4.78 is 2.42. The number of benzene rings is 1. The average Bonchev–Trinajstić information content (AvgIpc) is 3.16. The van der Waals surface area contributed by atoms with Crippen LogP contribution in [0.3, 0.4) is 0 Å². The molecule has 0 unspecified atom stereocenters. The normalized spacial score (nSPS) is 17.0. The summed E-state index contributed by atoms with van der Waals surface area (Å²) in [7, 11) is 1.76. The van der Waals surface area contributed by atoms with Gasteiger partial charge in [-0.15, -0.1) is 5.10 Å². The lowest BCUT2D eigenvalue weighted by molar-refractivity contribution is -0.128. The van der Waals surface area contributed by atoms with Gasteiger partial charge >= 0.3 is 0 Å². The van der Waals surface area contributed by atoms with Crippen LogP contribution in [0.5, 0.6) is 0 Å². The molecule has 8 nitrogen and oxygen atoms in total. The SMILES string of the molecule is CC(C)CN1C[C@@H](C(=O)Nc2cc(Br)ccc2Sc2nnnn2C)CC1=O. The molecule has 0 spiro atoms. The summed E-state index contributed by atoms with van der Waals surface area (Å²) in [4.78, 5) is 27.5. The molecule has 1 aromatic heterocycles. The van der Waals surface area contributed by atoms with E-state index in [-0.39, 0.29) is 24.2 Å². The Bertz CT molecular complexity index is 856. The van der Waals surface area contributed by atoms with E-state index in [4.69, 9.17) is 0 Å². The van der Waals surface area contributed by atoms with Gasteiger partial charge in [0.15, 0.2) is 0 Å². The molecule has 1 aliphatic heterocycles. The Labute approximate surface area is 170 Å². The van der Waals surface area contributed by atoms with Crippen LogP contribution in [0.4, 0.5) is 5.69 Å². The van der Waals surface area contributed by atoms with Crippen LogP contribution in [0.25, 0.3) is 0 Å². The molecule has 27 heavy (non-hydrogen) atoms. The van der Waals surface area contributed by atoms with Crippen LogP contribution in [0.15, 0.2) is 32.7 Å². The predicted molar refractivity (Wildman–Crippen MR) is 105 cm³/mol. The average molecular weight is 453 g/mol. The van der Waals surface area contributed by atoms with E-state index in [0.717, 1.165) is 9.37 Å². The van der Waals surface area contributed by atoms with E-state index in [0.29, 0.717) is 29.9 Å². The highest BCUT2D eigenvalue weighted by molar-refractivity contribution is 9.10. The van der Waals surface area contributed by atoms with Crippen LogP contribution in [0.2, 0.25) is 0 Å². The van der Waals surface area contributed by atoms with Crippen molar-refractivity contribution in [3.05, 3.63) is 22.7 Å². The fraction of sp³-hybridized carbons (Fsp3) is 0.471. The minimum Gasteiger partial charge on any atom is -0.342 e. The first-order valence-corrected chi connectivity index (χ1v) is 10.2. The van der Waals surface area contributed by atoms with Crippen molar-refractivity contribution in [2.75, 3.05) is 18.4 Å². The third-order valence-corrected chi connectivity index (χ3v) is 5.75. The number of tetrazole rings is 1. The number of rotatable bonds is 6. The van der Waals surface area contributed by atoms with Crippen molar-refractivity contribution < 1.29 is 9.59 Å². The summed E-state index contributed by atoms with van der Waals surface area (Å²) in [6.07, 6.45) is 0.252. The number of hydrogen-bond donors (Lipinski definition) is 1. The molecule has 1 saturated heterocycles. The number of aryl methyl sites for hydroxylation is 1. The Hall–Kier alpha value is -1.94. The molecule has 1 fully saturated rings. The van der Waals surface area contributed by atoms with E-state index < -0.39 is 0 Å². The van der Waals surface area contributed by atoms with Gasteiger partial charge in [0, 0.05) is 35.9 Å². The lowest BCUT2D eigenvalue weighted by Crippen LogP contribution is -2.31. The molecule has 144 valence electrons. The second kappa shape index (κ2) is 8.39. The zero-order valence-corrected chi connectivity index (χ0v) is 17.7. The van der Waals surface area contributed by atoms with Gasteiger partial charge in [-0.3, -0.25) is 9.59 Å². The minimum atomic E-state index is -0.343. The quantitative estimate of drug-likeness (QED) is 0.723. The molecule has 10 heteroatoms. The Morgan fingerprint density at radius 2 is 2.22 bits per heavy atom. The van der Waals surface area contributed by atoms with Crippen LogP contribution >= 0.6 is 27.7 Å². The molecule has 2 heterocycles. The summed E-state index contributed by atoms with van der Waals surface area (Å²) in [5.74, 6) is -0.0723. The lowest BCUT2D eigenvalue weighted by atomic mass is 10.1. The van der Waals surface area contributed by atoms with E-state index in [1.165, 1.54) is 11.8 Å². The molecule has 1 atom stereocenters. The van der Waals surface area contributed by atoms with Crippen molar-refractivity contribution >= 4 is 45.2 Å². The maximum absolute atomic E-state index is 12.8. The summed E-state index contributed by atoms with van der Waals surface area (Å²) in [6, 6.07) is 5.63. The van der Waals surface area contributed by atoms with Crippen molar-refractivity contribution in [3.8, 4) is 0 Å². The highest BCUT2D eigenvalue weighted by Crippen LogP contribution is 2.34. The zero-order valence-electron chi connectivity index (χ0n) is 15.3. The zero-order chi connectivity index (χ0) is 19.6. The maximum atomic E-state index is 12.8. The predicted octanol–water partition coefficient (Wildman–Crippen LogP) is 2.57. The molecule has 0 radical (unpaired) electrons. The number of hydrogen-bond acceptors (Lipinski definition) is 6. The van der Waals surface area contributed by atoms with Gasteiger partial charge in [0.25, 0.3) is 0 Å². The number of nitrogens with zero attached hydrogens (tertiary/aromatic N) is 5. The molecule has 3 rings (SSSR count). The van der Waals surface area contributed by atoms with E-state index >= 15 is 0 Å². The van der Waals surface area contributed by atoms with Crippen LogP contribution in [0.1, 0.15) is 20.3 Å². The molecule has 1 aliphatic rings. The van der Waals surface area contributed by atoms with Gasteiger partial charge in [-0.2, -0.15) is 0 Å². The van der Waals surface area contributed by atoms with Crippen LogP contribution in [-0.2, 0) is 16.6 Å². The molecule has 1 N–H and O–H groups in total. The molecule has 2 amide bonds. The Balaban J connectivity index is 1.73. The van der Waals surface area contributed by atoms with Crippen LogP contribution in [-0.4, -0.2) is 50.0 Å². The maximum Gasteiger partial charge on any atom is 0.229 e. The molecular weight excluding hydrogens is 432 g/mol. The third kappa shape index (κ3) is 4.86.